The summed E-state index contributed by atoms with van der Waals surface area (Å²) in [5.41, 5.74) is 0.535. The van der Waals surface area contributed by atoms with E-state index in [2.05, 4.69) is 20.7 Å². The minimum atomic E-state index is -0.457. The number of carbonyl (C=O) groups is 2. The largest absolute Gasteiger partial charge is 0.481 e. The third-order valence-corrected chi connectivity index (χ3v) is 2.28. The normalized spacial score (nSPS) is 9.47. The van der Waals surface area contributed by atoms with Gasteiger partial charge in [0.05, 0.1) is 11.6 Å². The summed E-state index contributed by atoms with van der Waals surface area (Å²) in [4.78, 5) is 21.2. The fourth-order valence-electron chi connectivity index (χ4n) is 0.903. The second kappa shape index (κ2) is 5.50. The zero-order valence-electron chi connectivity index (χ0n) is 8.03. The highest BCUT2D eigenvalue weighted by Crippen LogP contribution is 2.25. The third kappa shape index (κ3) is 3.36. The Hall–Kier alpha value is -1.36. The molecule has 0 saturated heterocycles. The number of ether oxygens (including phenoxy) is 2. The molecule has 1 rings (SSSR count). The van der Waals surface area contributed by atoms with Gasteiger partial charge in [-0.3, -0.25) is 4.79 Å². The van der Waals surface area contributed by atoms with E-state index in [1.165, 1.54) is 7.11 Å². The maximum atomic E-state index is 10.8. The van der Waals surface area contributed by atoms with Crippen LogP contribution in [0.3, 0.4) is 0 Å². The fraction of sp³-hybridized carbons (Fsp3) is 0.200. The molecular formula is C10H9BrO4. The summed E-state index contributed by atoms with van der Waals surface area (Å²) in [6.07, 6.45) is 0.731. The van der Waals surface area contributed by atoms with E-state index in [0.29, 0.717) is 15.8 Å². The molecule has 0 aliphatic heterocycles. The molecule has 0 aliphatic carbocycles. The zero-order valence-corrected chi connectivity index (χ0v) is 9.61. The molecule has 4 nitrogen and oxygen atoms in total. The summed E-state index contributed by atoms with van der Waals surface area (Å²) in [7, 11) is 1.29. The summed E-state index contributed by atoms with van der Waals surface area (Å²) in [5, 5.41) is 0. The molecular weight excluding hydrogens is 264 g/mol. The lowest BCUT2D eigenvalue weighted by Crippen LogP contribution is -2.12. The van der Waals surface area contributed by atoms with E-state index in [1.807, 2.05) is 0 Å². The van der Waals surface area contributed by atoms with Gasteiger partial charge >= 0.3 is 5.97 Å². The average molecular weight is 273 g/mol. The molecule has 5 heteroatoms. The molecule has 0 heterocycles. The van der Waals surface area contributed by atoms with Crippen molar-refractivity contribution in [2.45, 2.75) is 0 Å². The lowest BCUT2D eigenvalue weighted by Gasteiger charge is -2.06. The maximum absolute atomic E-state index is 10.8. The first-order chi connectivity index (χ1) is 7.17. The molecule has 0 unspecified atom stereocenters. The van der Waals surface area contributed by atoms with Crippen molar-refractivity contribution < 1.29 is 19.1 Å². The van der Waals surface area contributed by atoms with Gasteiger partial charge in [0.25, 0.3) is 0 Å². The van der Waals surface area contributed by atoms with Crippen LogP contribution < -0.4 is 4.74 Å². The fourth-order valence-corrected chi connectivity index (χ4v) is 1.41. The predicted octanol–water partition coefficient (Wildman–Crippen LogP) is 1.81. The van der Waals surface area contributed by atoms with Gasteiger partial charge in [-0.05, 0) is 34.1 Å². The van der Waals surface area contributed by atoms with Crippen molar-refractivity contribution >= 4 is 28.2 Å². The van der Waals surface area contributed by atoms with Crippen LogP contribution >= 0.6 is 15.9 Å². The molecule has 0 fully saturated rings. The molecule has 0 radical (unpaired) electrons. The molecule has 1 aromatic rings. The number of benzene rings is 1. The van der Waals surface area contributed by atoms with Crippen LogP contribution in [-0.4, -0.2) is 26.0 Å². The summed E-state index contributed by atoms with van der Waals surface area (Å²) in [5.74, 6) is 0.0346. The van der Waals surface area contributed by atoms with Crippen molar-refractivity contribution in [2.24, 2.45) is 0 Å². The molecule has 80 valence electrons. The van der Waals surface area contributed by atoms with Gasteiger partial charge in [-0.2, -0.15) is 0 Å². The number of methoxy groups -OCH3 is 1. The van der Waals surface area contributed by atoms with E-state index in [-0.39, 0.29) is 6.61 Å². The number of hydrogen-bond acceptors (Lipinski definition) is 4. The Balaban J connectivity index is 2.70. The molecule has 0 N–H and O–H groups in total. The van der Waals surface area contributed by atoms with Gasteiger partial charge in [0.15, 0.2) is 6.61 Å². The second-order valence-electron chi connectivity index (χ2n) is 2.67. The van der Waals surface area contributed by atoms with Gasteiger partial charge in [-0.1, -0.05) is 0 Å². The van der Waals surface area contributed by atoms with E-state index in [9.17, 15) is 9.59 Å². The molecule has 0 spiro atoms. The van der Waals surface area contributed by atoms with E-state index in [0.717, 1.165) is 6.29 Å². The number of carbonyl (C=O) groups excluding carboxylic acids is 2. The Labute approximate surface area is 95.3 Å². The Morgan fingerprint density at radius 1 is 1.53 bits per heavy atom. The molecule has 0 atom stereocenters. The van der Waals surface area contributed by atoms with Crippen LogP contribution in [0.2, 0.25) is 0 Å². The minimum absolute atomic E-state index is 0.157. The van der Waals surface area contributed by atoms with Gasteiger partial charge < -0.3 is 9.47 Å². The van der Waals surface area contributed by atoms with Crippen LogP contribution in [0.4, 0.5) is 0 Å². The van der Waals surface area contributed by atoms with Crippen LogP contribution in [0.15, 0.2) is 22.7 Å². The monoisotopic (exact) mass is 272 g/mol. The Bertz CT molecular complexity index is 376. The topological polar surface area (TPSA) is 52.6 Å². The van der Waals surface area contributed by atoms with Gasteiger partial charge in [-0.15, -0.1) is 0 Å². The standard InChI is InChI=1S/C10H9BrO4/c1-14-10(13)6-15-9-3-2-7(5-12)4-8(9)11/h2-5H,6H2,1H3. The van der Waals surface area contributed by atoms with E-state index in [4.69, 9.17) is 4.74 Å². The quantitative estimate of drug-likeness (QED) is 0.620. The van der Waals surface area contributed by atoms with Gasteiger partial charge in [-0.25, -0.2) is 4.79 Å². The summed E-state index contributed by atoms with van der Waals surface area (Å²) >= 11 is 3.22. The summed E-state index contributed by atoms with van der Waals surface area (Å²) in [6.45, 7) is -0.157. The highest BCUT2D eigenvalue weighted by atomic mass is 79.9. The SMILES string of the molecule is COC(=O)COc1ccc(C=O)cc1Br. The van der Waals surface area contributed by atoms with E-state index < -0.39 is 5.97 Å². The number of esters is 1. The summed E-state index contributed by atoms with van der Waals surface area (Å²) in [6, 6.07) is 4.82. The van der Waals surface area contributed by atoms with Crippen LogP contribution in [0.1, 0.15) is 10.4 Å². The molecule has 15 heavy (non-hydrogen) atoms. The van der Waals surface area contributed by atoms with Crippen molar-refractivity contribution in [3.05, 3.63) is 28.2 Å². The van der Waals surface area contributed by atoms with Gasteiger partial charge in [0, 0.05) is 5.56 Å². The van der Waals surface area contributed by atoms with Gasteiger partial charge in [0.1, 0.15) is 12.0 Å². The lowest BCUT2D eigenvalue weighted by atomic mass is 10.2. The first-order valence-corrected chi connectivity index (χ1v) is 4.91. The lowest BCUT2D eigenvalue weighted by molar-refractivity contribution is -0.142. The van der Waals surface area contributed by atoms with Crippen LogP contribution in [-0.2, 0) is 9.53 Å². The van der Waals surface area contributed by atoms with Crippen molar-refractivity contribution in [2.75, 3.05) is 13.7 Å². The third-order valence-electron chi connectivity index (χ3n) is 1.67. The van der Waals surface area contributed by atoms with Crippen LogP contribution in [0.25, 0.3) is 0 Å². The van der Waals surface area contributed by atoms with Crippen LogP contribution in [0.5, 0.6) is 5.75 Å². The Kier molecular flexibility index (Phi) is 4.30. The zero-order chi connectivity index (χ0) is 11.3. The summed E-state index contributed by atoms with van der Waals surface area (Å²) < 4.78 is 10.2. The smallest absolute Gasteiger partial charge is 0.343 e. The van der Waals surface area contributed by atoms with E-state index in [1.54, 1.807) is 18.2 Å². The van der Waals surface area contributed by atoms with Gasteiger partial charge in [0.2, 0.25) is 0 Å². The van der Waals surface area contributed by atoms with Crippen molar-refractivity contribution in [3.8, 4) is 5.75 Å². The molecule has 0 saturated carbocycles. The minimum Gasteiger partial charge on any atom is -0.481 e. The molecule has 0 amide bonds. The van der Waals surface area contributed by atoms with Crippen LogP contribution in [0, 0.1) is 0 Å². The first-order valence-electron chi connectivity index (χ1n) is 4.11. The van der Waals surface area contributed by atoms with Crippen molar-refractivity contribution in [1.82, 2.24) is 0 Å². The molecule has 0 aliphatic rings. The average Bonchev–Trinajstić information content (AvgIpc) is 2.26. The predicted molar refractivity (Wildman–Crippen MR) is 57.0 cm³/mol. The van der Waals surface area contributed by atoms with Crippen molar-refractivity contribution in [1.29, 1.82) is 0 Å². The maximum Gasteiger partial charge on any atom is 0.343 e. The first kappa shape index (κ1) is 11.7. The highest BCUT2D eigenvalue weighted by molar-refractivity contribution is 9.10. The molecule has 1 aromatic carbocycles. The number of rotatable bonds is 4. The van der Waals surface area contributed by atoms with Crippen molar-refractivity contribution in [3.63, 3.8) is 0 Å². The number of aldehydes is 1. The Morgan fingerprint density at radius 3 is 2.80 bits per heavy atom. The van der Waals surface area contributed by atoms with E-state index >= 15 is 0 Å². The second-order valence-corrected chi connectivity index (χ2v) is 3.53. The highest BCUT2D eigenvalue weighted by Gasteiger charge is 2.05. The molecule has 0 aromatic heterocycles. The molecule has 0 bridgehead atoms. The number of hydrogen-bond donors (Lipinski definition) is 0. The number of halogens is 1. The Morgan fingerprint density at radius 2 is 2.27 bits per heavy atom.